The van der Waals surface area contributed by atoms with Gasteiger partial charge in [-0.3, -0.25) is 9.79 Å². The Bertz CT molecular complexity index is 1410. The average molecular weight is 654 g/mol. The standard InChI is InChI=1S/C31H51N5O8S/c1-17(2)15-23(35-29(39)44-30(6,7)8)26(37)34-22(27(38)42-11)13-12-14-33-28(32)36-45(40,41)25-19(4)18(3)24-21(20(25)5)16-31(9,10)43-24/h17,22-23H,12-16H2,1-11H3,(H,34,37)(H,35,39)(H3,32,33,36)/t22-,23-/m0/s1. The van der Waals surface area contributed by atoms with Gasteiger partial charge in [-0.15, -0.1) is 0 Å². The van der Waals surface area contributed by atoms with Crippen LogP contribution in [0.1, 0.15) is 90.0 Å². The summed E-state index contributed by atoms with van der Waals surface area (Å²) >= 11 is 0. The molecule has 0 aliphatic carbocycles. The minimum atomic E-state index is -4.07. The van der Waals surface area contributed by atoms with Crippen LogP contribution < -0.4 is 25.8 Å². The van der Waals surface area contributed by atoms with Crippen molar-refractivity contribution in [2.24, 2.45) is 16.6 Å². The van der Waals surface area contributed by atoms with E-state index in [0.29, 0.717) is 24.0 Å². The zero-order valence-corrected chi connectivity index (χ0v) is 29.3. The predicted molar refractivity (Wildman–Crippen MR) is 172 cm³/mol. The number of nitrogens with two attached hydrogens (primary N) is 1. The molecule has 0 unspecified atom stereocenters. The number of nitrogens with zero attached hydrogens (tertiary/aromatic N) is 1. The molecule has 14 heteroatoms. The van der Waals surface area contributed by atoms with E-state index in [4.69, 9.17) is 19.9 Å². The van der Waals surface area contributed by atoms with Crippen molar-refractivity contribution < 1.29 is 37.0 Å². The van der Waals surface area contributed by atoms with Gasteiger partial charge in [0.15, 0.2) is 0 Å². The third-order valence-electron chi connectivity index (χ3n) is 7.25. The Labute approximate surface area is 267 Å². The van der Waals surface area contributed by atoms with Crippen molar-refractivity contribution in [3.63, 3.8) is 0 Å². The Hall–Kier alpha value is -3.55. The largest absolute Gasteiger partial charge is 0.487 e. The van der Waals surface area contributed by atoms with Crippen LogP contribution in [0.4, 0.5) is 4.79 Å². The van der Waals surface area contributed by atoms with Gasteiger partial charge in [-0.25, -0.2) is 22.7 Å². The average Bonchev–Trinajstić information content (AvgIpc) is 3.22. The SMILES string of the molecule is COC(=O)[C@H](CCCN=C(N)NS(=O)(=O)c1c(C)c(C)c2c(c1C)CC(C)(C)O2)NC(=O)[C@H](CC(C)C)NC(=O)OC(C)(C)C. The van der Waals surface area contributed by atoms with Gasteiger partial charge >= 0.3 is 12.1 Å². The lowest BCUT2D eigenvalue weighted by molar-refractivity contribution is -0.145. The summed E-state index contributed by atoms with van der Waals surface area (Å²) in [6.45, 7) is 18.2. The van der Waals surface area contributed by atoms with E-state index < -0.39 is 51.3 Å². The number of carbonyl (C=O) groups excluding carboxylic acids is 3. The van der Waals surface area contributed by atoms with Crippen LogP contribution in [0.3, 0.4) is 0 Å². The monoisotopic (exact) mass is 653 g/mol. The second-order valence-electron chi connectivity index (χ2n) is 13.5. The van der Waals surface area contributed by atoms with Gasteiger partial charge in [0.1, 0.15) is 29.0 Å². The van der Waals surface area contributed by atoms with Crippen molar-refractivity contribution in [2.75, 3.05) is 13.7 Å². The molecule has 2 atom stereocenters. The highest BCUT2D eigenvalue weighted by molar-refractivity contribution is 7.90. The molecule has 0 saturated carbocycles. The molecule has 0 aromatic heterocycles. The molecule has 5 N–H and O–H groups in total. The topological polar surface area (TPSA) is 188 Å². The first-order valence-electron chi connectivity index (χ1n) is 15.1. The minimum absolute atomic E-state index is 0.0572. The Morgan fingerprint density at radius 1 is 1.04 bits per heavy atom. The van der Waals surface area contributed by atoms with Gasteiger partial charge in [0.25, 0.3) is 10.0 Å². The van der Waals surface area contributed by atoms with Crippen LogP contribution in [0.15, 0.2) is 9.89 Å². The van der Waals surface area contributed by atoms with Gasteiger partial charge in [-0.2, -0.15) is 0 Å². The van der Waals surface area contributed by atoms with E-state index in [1.165, 1.54) is 7.11 Å². The molecule has 1 aliphatic heterocycles. The van der Waals surface area contributed by atoms with Crippen molar-refractivity contribution in [1.29, 1.82) is 0 Å². The van der Waals surface area contributed by atoms with Gasteiger partial charge in [0.05, 0.1) is 12.0 Å². The highest BCUT2D eigenvalue weighted by atomic mass is 32.2. The number of benzene rings is 1. The van der Waals surface area contributed by atoms with Crippen molar-refractivity contribution in [2.45, 2.75) is 123 Å². The predicted octanol–water partition coefficient (Wildman–Crippen LogP) is 3.30. The first-order chi connectivity index (χ1) is 20.6. The summed E-state index contributed by atoms with van der Waals surface area (Å²) in [7, 11) is -2.86. The van der Waals surface area contributed by atoms with Crippen LogP contribution in [0.25, 0.3) is 0 Å². The van der Waals surface area contributed by atoms with E-state index in [0.717, 1.165) is 16.9 Å². The summed E-state index contributed by atoms with van der Waals surface area (Å²) in [5, 5.41) is 5.23. The highest BCUT2D eigenvalue weighted by Crippen LogP contribution is 2.43. The molecule has 0 spiro atoms. The van der Waals surface area contributed by atoms with E-state index in [-0.39, 0.29) is 36.2 Å². The normalized spacial score (nSPS) is 15.9. The number of sulfonamides is 1. The van der Waals surface area contributed by atoms with Crippen LogP contribution in [-0.4, -0.2) is 69.3 Å². The van der Waals surface area contributed by atoms with Gasteiger partial charge in [-0.05, 0) is 97.3 Å². The van der Waals surface area contributed by atoms with Crippen LogP contribution in [-0.2, 0) is 35.5 Å². The van der Waals surface area contributed by atoms with Crippen molar-refractivity contribution in [3.8, 4) is 5.75 Å². The summed E-state index contributed by atoms with van der Waals surface area (Å²) in [4.78, 5) is 42.2. The summed E-state index contributed by atoms with van der Waals surface area (Å²) in [6, 6.07) is -1.97. The summed E-state index contributed by atoms with van der Waals surface area (Å²) in [6.07, 6.45) is 0.532. The zero-order chi connectivity index (χ0) is 34.5. The molecule has 0 bridgehead atoms. The Kier molecular flexibility index (Phi) is 12.3. The molecule has 45 heavy (non-hydrogen) atoms. The smallest absolute Gasteiger partial charge is 0.408 e. The number of aliphatic imine (C=N–C) groups is 1. The lowest BCUT2D eigenvalue weighted by Crippen LogP contribution is -2.53. The number of methoxy groups -OCH3 is 1. The van der Waals surface area contributed by atoms with Gasteiger partial charge in [0.2, 0.25) is 11.9 Å². The molecule has 0 saturated heterocycles. The third-order valence-corrected chi connectivity index (χ3v) is 8.88. The number of alkyl carbamates (subject to hydrolysis) is 1. The fraction of sp³-hybridized carbons (Fsp3) is 0.677. The zero-order valence-electron chi connectivity index (χ0n) is 28.5. The molecule has 1 aromatic rings. The van der Waals surface area contributed by atoms with Crippen LogP contribution in [0.2, 0.25) is 0 Å². The quantitative estimate of drug-likeness (QED) is 0.114. The van der Waals surface area contributed by atoms with E-state index in [1.54, 1.807) is 34.6 Å². The maximum absolute atomic E-state index is 13.4. The number of rotatable bonds is 12. The molecule has 2 rings (SSSR count). The highest BCUT2D eigenvalue weighted by Gasteiger charge is 2.37. The van der Waals surface area contributed by atoms with E-state index >= 15 is 0 Å². The minimum Gasteiger partial charge on any atom is -0.487 e. The molecule has 1 heterocycles. The lowest BCUT2D eigenvalue weighted by atomic mass is 9.94. The number of fused-ring (bicyclic) bond motifs is 1. The number of esters is 1. The van der Waals surface area contributed by atoms with Crippen LogP contribution in [0, 0.1) is 26.7 Å². The molecule has 13 nitrogen and oxygen atoms in total. The Morgan fingerprint density at radius 3 is 2.22 bits per heavy atom. The molecule has 1 aromatic carbocycles. The molecule has 2 amide bonds. The summed E-state index contributed by atoms with van der Waals surface area (Å²) < 4.78 is 45.4. The van der Waals surface area contributed by atoms with Crippen LogP contribution >= 0.6 is 0 Å². The van der Waals surface area contributed by atoms with Gasteiger partial charge in [0, 0.05) is 18.5 Å². The molecule has 1 aliphatic rings. The molecule has 0 radical (unpaired) electrons. The number of ether oxygens (including phenoxy) is 3. The molecule has 254 valence electrons. The number of nitrogens with one attached hydrogen (secondary N) is 3. The fourth-order valence-corrected chi connectivity index (χ4v) is 6.70. The molecular weight excluding hydrogens is 602 g/mol. The van der Waals surface area contributed by atoms with Crippen molar-refractivity contribution in [3.05, 3.63) is 22.3 Å². The van der Waals surface area contributed by atoms with Gasteiger partial charge in [-0.1, -0.05) is 13.8 Å². The number of carbonyl (C=O) groups is 3. The maximum atomic E-state index is 13.4. The number of hydrogen-bond donors (Lipinski definition) is 4. The Morgan fingerprint density at radius 2 is 1.67 bits per heavy atom. The maximum Gasteiger partial charge on any atom is 0.408 e. The van der Waals surface area contributed by atoms with E-state index in [1.807, 2.05) is 34.6 Å². The number of guanidine groups is 1. The lowest BCUT2D eigenvalue weighted by Gasteiger charge is -2.25. The second-order valence-corrected chi connectivity index (χ2v) is 15.1. The molecule has 0 fully saturated rings. The third kappa shape index (κ3) is 10.5. The fourth-order valence-electron chi connectivity index (χ4n) is 5.18. The molecular formula is C31H51N5O8S. The van der Waals surface area contributed by atoms with E-state index in [2.05, 4.69) is 20.3 Å². The second kappa shape index (κ2) is 14.7. The summed E-state index contributed by atoms with van der Waals surface area (Å²) in [5.41, 5.74) is 7.56. The first kappa shape index (κ1) is 37.6. The number of amides is 2. The number of hydrogen-bond acceptors (Lipinski definition) is 9. The van der Waals surface area contributed by atoms with Crippen molar-refractivity contribution >= 4 is 34.0 Å². The Balaban J connectivity index is 2.10. The van der Waals surface area contributed by atoms with Gasteiger partial charge < -0.3 is 30.6 Å². The van der Waals surface area contributed by atoms with Crippen molar-refractivity contribution in [1.82, 2.24) is 15.4 Å². The van der Waals surface area contributed by atoms with E-state index in [9.17, 15) is 22.8 Å². The first-order valence-corrected chi connectivity index (χ1v) is 16.6. The summed E-state index contributed by atoms with van der Waals surface area (Å²) in [5.74, 6) is -0.766. The van der Waals surface area contributed by atoms with Crippen LogP contribution in [0.5, 0.6) is 5.75 Å².